The maximum atomic E-state index is 11.1. The van der Waals surface area contributed by atoms with Crippen LogP contribution in [0.15, 0.2) is 10.9 Å². The van der Waals surface area contributed by atoms with Crippen LogP contribution in [0.4, 0.5) is 5.82 Å². The van der Waals surface area contributed by atoms with Crippen LogP contribution in [0.2, 0.25) is 0 Å². The fourth-order valence-electron chi connectivity index (χ4n) is 1.26. The van der Waals surface area contributed by atoms with Gasteiger partial charge in [-0.25, -0.2) is 4.98 Å². The first-order valence-electron chi connectivity index (χ1n) is 5.03. The van der Waals surface area contributed by atoms with Crippen LogP contribution >= 0.6 is 11.8 Å². The largest absolute Gasteiger partial charge is 0.370 e. The maximum absolute atomic E-state index is 11.1. The molecule has 0 saturated carbocycles. The van der Waals surface area contributed by atoms with E-state index < -0.39 is 0 Å². The lowest BCUT2D eigenvalue weighted by Crippen LogP contribution is -2.12. The zero-order valence-corrected chi connectivity index (χ0v) is 9.99. The molecule has 0 fully saturated rings. The van der Waals surface area contributed by atoms with Crippen molar-refractivity contribution >= 4 is 17.6 Å². The van der Waals surface area contributed by atoms with Crippen molar-refractivity contribution in [3.05, 3.63) is 22.2 Å². The highest BCUT2D eigenvalue weighted by molar-refractivity contribution is 7.98. The third-order valence-corrected chi connectivity index (χ3v) is 2.64. The molecule has 0 spiro atoms. The molecular formula is C10H17N3OS. The summed E-state index contributed by atoms with van der Waals surface area (Å²) in [7, 11) is 0. The van der Waals surface area contributed by atoms with Gasteiger partial charge in [-0.15, -0.1) is 0 Å². The van der Waals surface area contributed by atoms with Crippen LogP contribution in [0.25, 0.3) is 0 Å². The van der Waals surface area contributed by atoms with E-state index in [9.17, 15) is 4.79 Å². The van der Waals surface area contributed by atoms with Crippen molar-refractivity contribution in [2.45, 2.75) is 19.8 Å². The second-order valence-electron chi connectivity index (χ2n) is 3.34. The zero-order chi connectivity index (χ0) is 11.1. The van der Waals surface area contributed by atoms with E-state index in [2.05, 4.69) is 21.5 Å². The van der Waals surface area contributed by atoms with Crippen molar-refractivity contribution in [2.24, 2.45) is 0 Å². The molecule has 0 aliphatic rings. The van der Waals surface area contributed by atoms with Gasteiger partial charge in [0.15, 0.2) is 0 Å². The number of aryl methyl sites for hydroxylation is 1. The third kappa shape index (κ3) is 4.88. The molecule has 0 unspecified atom stereocenters. The maximum Gasteiger partial charge on any atom is 0.252 e. The van der Waals surface area contributed by atoms with Gasteiger partial charge in [0.05, 0.1) is 0 Å². The quantitative estimate of drug-likeness (QED) is 0.725. The minimum Gasteiger partial charge on any atom is -0.370 e. The first kappa shape index (κ1) is 12.1. The summed E-state index contributed by atoms with van der Waals surface area (Å²) in [5.74, 6) is 2.50. The lowest BCUT2D eigenvalue weighted by atomic mass is 10.3. The summed E-state index contributed by atoms with van der Waals surface area (Å²) < 4.78 is 0. The fourth-order valence-corrected chi connectivity index (χ4v) is 1.75. The number of H-pyrrole nitrogens is 1. The molecule has 0 atom stereocenters. The third-order valence-electron chi connectivity index (χ3n) is 1.94. The predicted molar refractivity (Wildman–Crippen MR) is 65.7 cm³/mol. The summed E-state index contributed by atoms with van der Waals surface area (Å²) in [6, 6.07) is 1.49. The minimum absolute atomic E-state index is 0.103. The van der Waals surface area contributed by atoms with E-state index in [4.69, 9.17) is 0 Å². The number of aromatic amines is 1. The molecule has 1 aromatic heterocycles. The van der Waals surface area contributed by atoms with Crippen LogP contribution in [-0.2, 0) is 0 Å². The van der Waals surface area contributed by atoms with Gasteiger partial charge in [0.1, 0.15) is 11.6 Å². The molecule has 2 N–H and O–H groups in total. The summed E-state index contributed by atoms with van der Waals surface area (Å²) in [6.07, 6.45) is 4.40. The molecule has 0 aliphatic carbocycles. The Morgan fingerprint density at radius 1 is 1.53 bits per heavy atom. The lowest BCUT2D eigenvalue weighted by molar-refractivity contribution is 0.836. The molecule has 0 bridgehead atoms. The van der Waals surface area contributed by atoms with Gasteiger partial charge >= 0.3 is 0 Å². The summed E-state index contributed by atoms with van der Waals surface area (Å²) >= 11 is 1.85. The average Bonchev–Trinajstić information content (AvgIpc) is 2.16. The predicted octanol–water partition coefficient (Wildman–Crippen LogP) is 1.63. The monoisotopic (exact) mass is 227 g/mol. The van der Waals surface area contributed by atoms with Gasteiger partial charge in [0, 0.05) is 12.6 Å². The van der Waals surface area contributed by atoms with Gasteiger partial charge in [0.25, 0.3) is 5.56 Å². The van der Waals surface area contributed by atoms with Crippen molar-refractivity contribution in [1.82, 2.24) is 9.97 Å². The fraction of sp³-hybridized carbons (Fsp3) is 0.600. The number of hydrogen-bond donors (Lipinski definition) is 2. The Balaban J connectivity index is 2.34. The van der Waals surface area contributed by atoms with Crippen LogP contribution in [0.1, 0.15) is 18.7 Å². The second-order valence-corrected chi connectivity index (χ2v) is 4.33. The number of aromatic nitrogens is 2. The van der Waals surface area contributed by atoms with Gasteiger partial charge in [-0.3, -0.25) is 4.79 Å². The summed E-state index contributed by atoms with van der Waals surface area (Å²) in [6.45, 7) is 2.65. The molecule has 0 amide bonds. The molecule has 84 valence electrons. The highest BCUT2D eigenvalue weighted by atomic mass is 32.2. The van der Waals surface area contributed by atoms with Crippen molar-refractivity contribution in [3.63, 3.8) is 0 Å². The Labute approximate surface area is 93.9 Å². The molecule has 1 heterocycles. The SMILES string of the molecule is CSCCCCNc1cc(=O)[nH]c(C)n1. The van der Waals surface area contributed by atoms with Gasteiger partial charge in [-0.2, -0.15) is 11.8 Å². The summed E-state index contributed by atoms with van der Waals surface area (Å²) in [5, 5.41) is 3.14. The number of hydrogen-bond acceptors (Lipinski definition) is 4. The lowest BCUT2D eigenvalue weighted by Gasteiger charge is -2.04. The van der Waals surface area contributed by atoms with Crippen LogP contribution in [0, 0.1) is 6.92 Å². The molecular weight excluding hydrogens is 210 g/mol. The molecule has 0 radical (unpaired) electrons. The topological polar surface area (TPSA) is 57.8 Å². The Kier molecular flexibility index (Phi) is 5.25. The Bertz CT molecular complexity index is 351. The molecule has 5 heteroatoms. The molecule has 15 heavy (non-hydrogen) atoms. The number of unbranched alkanes of at least 4 members (excludes halogenated alkanes) is 1. The van der Waals surface area contributed by atoms with Crippen LogP contribution in [0.3, 0.4) is 0 Å². The molecule has 0 saturated heterocycles. The van der Waals surface area contributed by atoms with E-state index in [1.165, 1.54) is 18.2 Å². The van der Waals surface area contributed by atoms with E-state index in [1.807, 2.05) is 11.8 Å². The van der Waals surface area contributed by atoms with Gasteiger partial charge < -0.3 is 10.3 Å². The Hall–Kier alpha value is -0.970. The Morgan fingerprint density at radius 2 is 2.33 bits per heavy atom. The van der Waals surface area contributed by atoms with E-state index in [-0.39, 0.29) is 5.56 Å². The summed E-state index contributed by atoms with van der Waals surface area (Å²) in [4.78, 5) is 17.9. The molecule has 0 aliphatic heterocycles. The minimum atomic E-state index is -0.103. The first-order valence-corrected chi connectivity index (χ1v) is 6.42. The van der Waals surface area contributed by atoms with Gasteiger partial charge in [-0.05, 0) is 31.8 Å². The van der Waals surface area contributed by atoms with Crippen molar-refractivity contribution in [1.29, 1.82) is 0 Å². The van der Waals surface area contributed by atoms with E-state index in [0.717, 1.165) is 13.0 Å². The highest BCUT2D eigenvalue weighted by Gasteiger charge is 1.96. The Morgan fingerprint density at radius 3 is 3.00 bits per heavy atom. The zero-order valence-electron chi connectivity index (χ0n) is 9.17. The van der Waals surface area contributed by atoms with Crippen molar-refractivity contribution < 1.29 is 0 Å². The first-order chi connectivity index (χ1) is 7.22. The van der Waals surface area contributed by atoms with E-state index >= 15 is 0 Å². The standard InChI is InChI=1S/C10H17N3OS/c1-8-12-9(7-10(14)13-8)11-5-3-4-6-15-2/h7H,3-6H2,1-2H3,(H2,11,12,13,14). The average molecular weight is 227 g/mol. The number of nitrogens with zero attached hydrogens (tertiary/aromatic N) is 1. The number of nitrogens with one attached hydrogen (secondary N) is 2. The smallest absolute Gasteiger partial charge is 0.252 e. The summed E-state index contributed by atoms with van der Waals surface area (Å²) in [5.41, 5.74) is -0.103. The van der Waals surface area contributed by atoms with Crippen LogP contribution in [-0.4, -0.2) is 28.5 Å². The molecule has 1 rings (SSSR count). The van der Waals surface area contributed by atoms with Gasteiger partial charge in [0.2, 0.25) is 0 Å². The second kappa shape index (κ2) is 6.50. The van der Waals surface area contributed by atoms with E-state index in [1.54, 1.807) is 6.92 Å². The molecule has 4 nitrogen and oxygen atoms in total. The van der Waals surface area contributed by atoms with Crippen LogP contribution < -0.4 is 10.9 Å². The number of anilines is 1. The molecule has 0 aromatic carbocycles. The van der Waals surface area contributed by atoms with Crippen molar-refractivity contribution in [3.8, 4) is 0 Å². The van der Waals surface area contributed by atoms with Crippen molar-refractivity contribution in [2.75, 3.05) is 23.9 Å². The normalized spacial score (nSPS) is 10.3. The number of thioether (sulfide) groups is 1. The van der Waals surface area contributed by atoms with Gasteiger partial charge in [-0.1, -0.05) is 0 Å². The van der Waals surface area contributed by atoms with Crippen LogP contribution in [0.5, 0.6) is 0 Å². The highest BCUT2D eigenvalue weighted by Crippen LogP contribution is 2.01. The molecule has 1 aromatic rings. The van der Waals surface area contributed by atoms with E-state index in [0.29, 0.717) is 11.6 Å². The number of rotatable bonds is 6.